The molecule has 0 aliphatic heterocycles. The molecule has 1 aromatic heterocycles. The fourth-order valence-corrected chi connectivity index (χ4v) is 2.64. The first-order chi connectivity index (χ1) is 10.1. The molecule has 110 valence electrons. The summed E-state index contributed by atoms with van der Waals surface area (Å²) < 4.78 is 1.73. The quantitative estimate of drug-likeness (QED) is 0.655. The molecule has 21 heavy (non-hydrogen) atoms. The molecule has 6 heteroatoms. The van der Waals surface area contributed by atoms with Crippen LogP contribution < -0.4 is 5.56 Å². The third-order valence-electron chi connectivity index (χ3n) is 2.86. The highest BCUT2D eigenvalue weighted by atomic mass is 32.2. The number of benzene rings is 1. The van der Waals surface area contributed by atoms with Crippen LogP contribution >= 0.6 is 11.8 Å². The summed E-state index contributed by atoms with van der Waals surface area (Å²) in [5.41, 5.74) is 1.73. The average Bonchev–Trinajstić information content (AvgIpc) is 2.46. The van der Waals surface area contributed by atoms with Gasteiger partial charge in [-0.15, -0.1) is 0 Å². The van der Waals surface area contributed by atoms with Gasteiger partial charge in [0.1, 0.15) is 0 Å². The van der Waals surface area contributed by atoms with Crippen molar-refractivity contribution in [1.29, 1.82) is 0 Å². The van der Waals surface area contributed by atoms with Gasteiger partial charge in [0.15, 0.2) is 5.16 Å². The van der Waals surface area contributed by atoms with Crippen molar-refractivity contribution >= 4 is 17.7 Å². The number of carbonyl (C=O) groups is 1. The molecule has 2 rings (SSSR count). The molecule has 2 aromatic rings. The number of carboxylic acid groups (broad SMARTS) is 1. The van der Waals surface area contributed by atoms with Gasteiger partial charge in [0, 0.05) is 18.0 Å². The molecular weight excluding hydrogens is 288 g/mol. The Morgan fingerprint density at radius 1 is 1.29 bits per heavy atom. The average molecular weight is 304 g/mol. The molecule has 5 nitrogen and oxygen atoms in total. The van der Waals surface area contributed by atoms with Crippen molar-refractivity contribution in [2.24, 2.45) is 0 Å². The van der Waals surface area contributed by atoms with Crippen molar-refractivity contribution in [3.63, 3.8) is 0 Å². The zero-order valence-electron chi connectivity index (χ0n) is 11.7. The van der Waals surface area contributed by atoms with Gasteiger partial charge in [-0.3, -0.25) is 14.2 Å². The Morgan fingerprint density at radius 3 is 2.62 bits per heavy atom. The number of carboxylic acids is 1. The van der Waals surface area contributed by atoms with E-state index in [4.69, 9.17) is 5.11 Å². The van der Waals surface area contributed by atoms with E-state index >= 15 is 0 Å². The van der Waals surface area contributed by atoms with Crippen molar-refractivity contribution in [2.45, 2.75) is 24.9 Å². The van der Waals surface area contributed by atoms with E-state index in [9.17, 15) is 9.59 Å². The molecular formula is C15H16N2O3S. The standard InChI is InChI=1S/C15H16N2O3S/c1-2-3-11-4-6-12(7-5-11)17-9-8-13(18)16-15(17)21-10-14(19)20/h4-9H,2-3,10H2,1H3,(H,19,20). The van der Waals surface area contributed by atoms with Crippen LogP contribution in [0.2, 0.25) is 0 Å². The van der Waals surface area contributed by atoms with Crippen LogP contribution in [0.25, 0.3) is 5.69 Å². The Labute approximate surface area is 126 Å². The van der Waals surface area contributed by atoms with Crippen LogP contribution in [0.5, 0.6) is 0 Å². The number of nitrogens with zero attached hydrogens (tertiary/aromatic N) is 2. The Balaban J connectivity index is 2.33. The van der Waals surface area contributed by atoms with Crippen LogP contribution in [0, 0.1) is 0 Å². The van der Waals surface area contributed by atoms with E-state index in [1.54, 1.807) is 10.8 Å². The molecule has 1 heterocycles. The highest BCUT2D eigenvalue weighted by molar-refractivity contribution is 7.99. The minimum atomic E-state index is -0.942. The van der Waals surface area contributed by atoms with Crippen LogP contribution in [0.4, 0.5) is 0 Å². The molecule has 0 fully saturated rings. The smallest absolute Gasteiger partial charge is 0.313 e. The molecule has 1 aromatic carbocycles. The summed E-state index contributed by atoms with van der Waals surface area (Å²) in [6.07, 6.45) is 3.72. The number of thioether (sulfide) groups is 1. The number of aryl methyl sites for hydroxylation is 1. The number of hydrogen-bond acceptors (Lipinski definition) is 4. The SMILES string of the molecule is CCCc1ccc(-n2ccc(=O)nc2SCC(=O)O)cc1. The molecule has 0 amide bonds. The summed E-state index contributed by atoms with van der Waals surface area (Å²) in [5, 5.41) is 9.15. The largest absolute Gasteiger partial charge is 0.481 e. The molecule has 0 saturated heterocycles. The topological polar surface area (TPSA) is 72.2 Å². The lowest BCUT2D eigenvalue weighted by Gasteiger charge is -2.11. The lowest BCUT2D eigenvalue weighted by Crippen LogP contribution is -2.13. The maximum absolute atomic E-state index is 11.4. The second-order valence-corrected chi connectivity index (χ2v) is 5.46. The van der Waals surface area contributed by atoms with E-state index in [0.717, 1.165) is 30.3 Å². The summed E-state index contributed by atoms with van der Waals surface area (Å²) in [5.74, 6) is -1.08. The monoisotopic (exact) mass is 304 g/mol. The highest BCUT2D eigenvalue weighted by Gasteiger charge is 2.08. The molecule has 0 saturated carbocycles. The zero-order chi connectivity index (χ0) is 15.2. The first-order valence-corrected chi connectivity index (χ1v) is 7.62. The molecule has 0 bridgehead atoms. The van der Waals surface area contributed by atoms with Crippen molar-refractivity contribution in [1.82, 2.24) is 9.55 Å². The van der Waals surface area contributed by atoms with Gasteiger partial charge in [0.2, 0.25) is 0 Å². The van der Waals surface area contributed by atoms with E-state index in [2.05, 4.69) is 11.9 Å². The first-order valence-electron chi connectivity index (χ1n) is 6.63. The van der Waals surface area contributed by atoms with Gasteiger partial charge in [0.05, 0.1) is 5.75 Å². The third kappa shape index (κ3) is 4.19. The van der Waals surface area contributed by atoms with Crippen molar-refractivity contribution in [3.8, 4) is 5.69 Å². The van der Waals surface area contributed by atoms with Gasteiger partial charge < -0.3 is 5.11 Å². The van der Waals surface area contributed by atoms with E-state index < -0.39 is 5.97 Å². The minimum Gasteiger partial charge on any atom is -0.481 e. The van der Waals surface area contributed by atoms with Crippen LogP contribution in [-0.4, -0.2) is 26.4 Å². The molecule has 0 atom stereocenters. The summed E-state index contributed by atoms with van der Waals surface area (Å²) in [7, 11) is 0. The second-order valence-electron chi connectivity index (χ2n) is 4.52. The molecule has 0 radical (unpaired) electrons. The molecule has 1 N–H and O–H groups in total. The Hall–Kier alpha value is -2.08. The Kier molecular flexibility index (Phi) is 5.16. The van der Waals surface area contributed by atoms with Crippen LogP contribution in [0.1, 0.15) is 18.9 Å². The van der Waals surface area contributed by atoms with Gasteiger partial charge in [-0.25, -0.2) is 0 Å². The Bertz CT molecular complexity index is 680. The van der Waals surface area contributed by atoms with Gasteiger partial charge in [-0.1, -0.05) is 37.2 Å². The normalized spacial score (nSPS) is 10.5. The lowest BCUT2D eigenvalue weighted by atomic mass is 10.1. The molecule has 0 spiro atoms. The lowest BCUT2D eigenvalue weighted by molar-refractivity contribution is -0.133. The predicted molar refractivity (Wildman–Crippen MR) is 82.2 cm³/mol. The third-order valence-corrected chi connectivity index (χ3v) is 3.79. The summed E-state index contributed by atoms with van der Waals surface area (Å²) in [4.78, 5) is 25.9. The van der Waals surface area contributed by atoms with Crippen LogP contribution in [0.15, 0.2) is 46.5 Å². The van der Waals surface area contributed by atoms with E-state index in [1.165, 1.54) is 11.6 Å². The second kappa shape index (κ2) is 7.08. The fourth-order valence-electron chi connectivity index (χ4n) is 1.92. The van der Waals surface area contributed by atoms with Crippen molar-refractivity contribution in [2.75, 3.05) is 5.75 Å². The van der Waals surface area contributed by atoms with E-state index in [1.807, 2.05) is 24.3 Å². The number of hydrogen-bond donors (Lipinski definition) is 1. The maximum atomic E-state index is 11.4. The minimum absolute atomic E-state index is 0.135. The fraction of sp³-hybridized carbons (Fsp3) is 0.267. The maximum Gasteiger partial charge on any atom is 0.313 e. The van der Waals surface area contributed by atoms with Gasteiger partial charge >= 0.3 is 5.97 Å². The number of aliphatic carboxylic acids is 1. The first kappa shape index (κ1) is 15.3. The zero-order valence-corrected chi connectivity index (χ0v) is 12.5. The molecule has 0 unspecified atom stereocenters. The van der Waals surface area contributed by atoms with Crippen LogP contribution in [-0.2, 0) is 11.2 Å². The molecule has 0 aliphatic carbocycles. The van der Waals surface area contributed by atoms with Crippen molar-refractivity contribution < 1.29 is 9.90 Å². The van der Waals surface area contributed by atoms with E-state index in [-0.39, 0.29) is 11.3 Å². The summed E-state index contributed by atoms with van der Waals surface area (Å²) in [6.45, 7) is 2.13. The van der Waals surface area contributed by atoms with Gasteiger partial charge in [-0.2, -0.15) is 4.98 Å². The van der Waals surface area contributed by atoms with Crippen LogP contribution in [0.3, 0.4) is 0 Å². The predicted octanol–water partition coefficient (Wildman–Crippen LogP) is 2.36. The van der Waals surface area contributed by atoms with E-state index in [0.29, 0.717) is 5.16 Å². The Morgan fingerprint density at radius 2 is 2.00 bits per heavy atom. The summed E-state index contributed by atoms with van der Waals surface area (Å²) in [6, 6.07) is 9.32. The summed E-state index contributed by atoms with van der Waals surface area (Å²) >= 11 is 1.03. The highest BCUT2D eigenvalue weighted by Crippen LogP contribution is 2.19. The van der Waals surface area contributed by atoms with Gasteiger partial charge in [-0.05, 0) is 24.1 Å². The van der Waals surface area contributed by atoms with Gasteiger partial charge in [0.25, 0.3) is 5.56 Å². The number of aromatic nitrogens is 2. The van der Waals surface area contributed by atoms with Crippen molar-refractivity contribution in [3.05, 3.63) is 52.4 Å². The molecule has 0 aliphatic rings. The number of rotatable bonds is 6.